The summed E-state index contributed by atoms with van der Waals surface area (Å²) >= 11 is 1.58. The van der Waals surface area contributed by atoms with E-state index in [1.807, 2.05) is 20.8 Å². The van der Waals surface area contributed by atoms with Crippen molar-refractivity contribution >= 4 is 16.5 Å². The molecule has 1 fully saturated rings. The summed E-state index contributed by atoms with van der Waals surface area (Å²) in [6, 6.07) is 0. The third kappa shape index (κ3) is 1.50. The smallest absolute Gasteiger partial charge is 0.208 e. The second-order valence-corrected chi connectivity index (χ2v) is 5.38. The number of aryl methyl sites for hydroxylation is 1. The predicted octanol–water partition coefficient (Wildman–Crippen LogP) is 1.05. The van der Waals surface area contributed by atoms with Crippen LogP contribution < -0.4 is 4.90 Å². The average Bonchev–Trinajstić information content (AvgIpc) is 2.45. The minimum absolute atomic E-state index is 0.299. The van der Waals surface area contributed by atoms with E-state index < -0.39 is 5.60 Å². The summed E-state index contributed by atoms with van der Waals surface area (Å²) in [5.41, 5.74) is -0.528. The molecule has 1 aliphatic rings. The zero-order valence-corrected chi connectivity index (χ0v) is 9.51. The van der Waals surface area contributed by atoms with Crippen molar-refractivity contribution in [3.63, 3.8) is 0 Å². The van der Waals surface area contributed by atoms with E-state index in [-0.39, 0.29) is 0 Å². The number of hydrogen-bond donors (Lipinski definition) is 1. The quantitative estimate of drug-likeness (QED) is 0.798. The van der Waals surface area contributed by atoms with E-state index in [0.29, 0.717) is 19.0 Å². The van der Waals surface area contributed by atoms with Crippen LogP contribution in [0.1, 0.15) is 18.9 Å². The number of nitrogens with zero attached hydrogens (tertiary/aromatic N) is 3. The lowest BCUT2D eigenvalue weighted by atomic mass is 9.83. The molecule has 0 saturated carbocycles. The Morgan fingerprint density at radius 2 is 2.07 bits per heavy atom. The first kappa shape index (κ1) is 9.86. The maximum Gasteiger partial charge on any atom is 0.208 e. The van der Waals surface area contributed by atoms with Crippen molar-refractivity contribution in [2.45, 2.75) is 26.4 Å². The van der Waals surface area contributed by atoms with Gasteiger partial charge in [-0.25, -0.2) is 0 Å². The van der Waals surface area contributed by atoms with Crippen LogP contribution in [-0.4, -0.2) is 34.0 Å². The van der Waals surface area contributed by atoms with Gasteiger partial charge in [-0.3, -0.25) is 0 Å². The van der Waals surface area contributed by atoms with Crippen LogP contribution in [0.4, 0.5) is 5.13 Å². The summed E-state index contributed by atoms with van der Waals surface area (Å²) in [6.45, 7) is 7.39. The van der Waals surface area contributed by atoms with Gasteiger partial charge in [0.15, 0.2) is 0 Å². The fraction of sp³-hybridized carbons (Fsp3) is 0.778. The molecule has 1 saturated heterocycles. The van der Waals surface area contributed by atoms with Crippen LogP contribution in [0.25, 0.3) is 0 Å². The second kappa shape index (κ2) is 3.17. The fourth-order valence-electron chi connectivity index (χ4n) is 1.53. The first-order valence-electron chi connectivity index (χ1n) is 4.79. The van der Waals surface area contributed by atoms with E-state index in [9.17, 15) is 5.11 Å². The minimum atomic E-state index is -0.528. The number of anilines is 1. The van der Waals surface area contributed by atoms with Crippen LogP contribution in [0, 0.1) is 12.8 Å². The van der Waals surface area contributed by atoms with Crippen LogP contribution in [0.15, 0.2) is 0 Å². The van der Waals surface area contributed by atoms with E-state index in [1.165, 1.54) is 0 Å². The lowest BCUT2D eigenvalue weighted by Gasteiger charge is -2.48. The molecule has 0 radical (unpaired) electrons. The summed E-state index contributed by atoms with van der Waals surface area (Å²) in [7, 11) is 0. The maximum atomic E-state index is 10.0. The summed E-state index contributed by atoms with van der Waals surface area (Å²) in [4.78, 5) is 2.07. The number of rotatable bonds is 2. The van der Waals surface area contributed by atoms with Gasteiger partial charge in [0.1, 0.15) is 10.6 Å². The molecule has 0 unspecified atom stereocenters. The first-order chi connectivity index (χ1) is 6.51. The molecule has 0 aromatic carbocycles. The number of aliphatic hydroxyl groups is 1. The highest BCUT2D eigenvalue weighted by atomic mass is 32.1. The predicted molar refractivity (Wildman–Crippen MR) is 56.6 cm³/mol. The van der Waals surface area contributed by atoms with Crippen molar-refractivity contribution in [2.75, 3.05) is 18.0 Å². The topological polar surface area (TPSA) is 49.2 Å². The van der Waals surface area contributed by atoms with Crippen molar-refractivity contribution in [2.24, 2.45) is 5.92 Å². The molecular formula is C9H15N3OS. The molecule has 1 aromatic heterocycles. The molecule has 2 rings (SSSR count). The van der Waals surface area contributed by atoms with Crippen molar-refractivity contribution in [3.05, 3.63) is 5.01 Å². The molecule has 0 bridgehead atoms. The van der Waals surface area contributed by atoms with Crippen molar-refractivity contribution in [3.8, 4) is 0 Å². The lowest BCUT2D eigenvalue weighted by Crippen LogP contribution is -2.64. The molecule has 2 heterocycles. The van der Waals surface area contributed by atoms with Gasteiger partial charge in [0.05, 0.1) is 13.1 Å². The molecule has 4 nitrogen and oxygen atoms in total. The van der Waals surface area contributed by atoms with Gasteiger partial charge in [0.25, 0.3) is 0 Å². The van der Waals surface area contributed by atoms with Crippen LogP contribution in [-0.2, 0) is 0 Å². The molecule has 1 N–H and O–H groups in total. The highest BCUT2D eigenvalue weighted by Crippen LogP contribution is 2.33. The minimum Gasteiger partial charge on any atom is -0.386 e. The highest BCUT2D eigenvalue weighted by Gasteiger charge is 2.44. The van der Waals surface area contributed by atoms with E-state index in [1.54, 1.807) is 11.3 Å². The van der Waals surface area contributed by atoms with Crippen molar-refractivity contribution in [1.82, 2.24) is 10.2 Å². The second-order valence-electron chi connectivity index (χ2n) is 4.22. The monoisotopic (exact) mass is 213 g/mol. The summed E-state index contributed by atoms with van der Waals surface area (Å²) in [5, 5.41) is 19.9. The van der Waals surface area contributed by atoms with Crippen LogP contribution in [0.5, 0.6) is 0 Å². The third-order valence-corrected chi connectivity index (χ3v) is 3.69. The first-order valence-corrected chi connectivity index (χ1v) is 5.60. The van der Waals surface area contributed by atoms with E-state index >= 15 is 0 Å². The fourth-order valence-corrected chi connectivity index (χ4v) is 2.21. The van der Waals surface area contributed by atoms with Gasteiger partial charge >= 0.3 is 0 Å². The largest absolute Gasteiger partial charge is 0.386 e. The molecule has 1 aromatic rings. The van der Waals surface area contributed by atoms with Crippen LogP contribution in [0.2, 0.25) is 0 Å². The van der Waals surface area contributed by atoms with Crippen LogP contribution in [0.3, 0.4) is 0 Å². The SMILES string of the molecule is Cc1nnc(N2CC(O)(C(C)C)C2)s1. The van der Waals surface area contributed by atoms with Crippen molar-refractivity contribution in [1.29, 1.82) is 0 Å². The van der Waals surface area contributed by atoms with E-state index in [4.69, 9.17) is 0 Å². The summed E-state index contributed by atoms with van der Waals surface area (Å²) in [5.74, 6) is 0.299. The molecule has 0 atom stereocenters. The van der Waals surface area contributed by atoms with Gasteiger partial charge in [-0.15, -0.1) is 10.2 Å². The molecule has 0 aliphatic carbocycles. The Morgan fingerprint density at radius 3 is 2.50 bits per heavy atom. The summed E-state index contributed by atoms with van der Waals surface area (Å²) < 4.78 is 0. The molecule has 0 spiro atoms. The van der Waals surface area contributed by atoms with E-state index in [0.717, 1.165) is 10.1 Å². The standard InChI is InChI=1S/C9H15N3OS/c1-6(2)9(13)4-12(5-9)8-11-10-7(3)14-8/h6,13H,4-5H2,1-3H3. The molecule has 78 valence electrons. The summed E-state index contributed by atoms with van der Waals surface area (Å²) in [6.07, 6.45) is 0. The molecule has 0 amide bonds. The zero-order chi connectivity index (χ0) is 10.3. The Bertz CT molecular complexity index is 331. The Hall–Kier alpha value is -0.680. The number of aromatic nitrogens is 2. The van der Waals surface area contributed by atoms with Crippen LogP contribution >= 0.6 is 11.3 Å². The van der Waals surface area contributed by atoms with Gasteiger partial charge in [-0.2, -0.15) is 0 Å². The van der Waals surface area contributed by atoms with Gasteiger partial charge in [-0.1, -0.05) is 25.2 Å². The van der Waals surface area contributed by atoms with Crippen molar-refractivity contribution < 1.29 is 5.11 Å². The molecule has 14 heavy (non-hydrogen) atoms. The Balaban J connectivity index is 2.01. The van der Waals surface area contributed by atoms with Gasteiger partial charge in [0, 0.05) is 0 Å². The van der Waals surface area contributed by atoms with Gasteiger partial charge in [0.2, 0.25) is 5.13 Å². The maximum absolute atomic E-state index is 10.0. The normalized spacial score (nSPS) is 19.9. The molecular weight excluding hydrogens is 198 g/mol. The van der Waals surface area contributed by atoms with Gasteiger partial charge < -0.3 is 10.0 Å². The number of hydrogen-bond acceptors (Lipinski definition) is 5. The third-order valence-electron chi connectivity index (χ3n) is 2.79. The molecule has 5 heteroatoms. The Morgan fingerprint density at radius 1 is 1.43 bits per heavy atom. The Labute approximate surface area is 87.6 Å². The zero-order valence-electron chi connectivity index (χ0n) is 8.69. The number of β-amino-alcohol motifs (C(OH)–C–C–N with tert-alkyl or cyclic N) is 1. The average molecular weight is 213 g/mol. The Kier molecular flexibility index (Phi) is 2.23. The van der Waals surface area contributed by atoms with E-state index in [2.05, 4.69) is 15.1 Å². The van der Waals surface area contributed by atoms with Gasteiger partial charge in [-0.05, 0) is 12.8 Å². The highest BCUT2D eigenvalue weighted by molar-refractivity contribution is 7.15. The lowest BCUT2D eigenvalue weighted by molar-refractivity contribution is -0.0301. The molecule has 1 aliphatic heterocycles.